The van der Waals surface area contributed by atoms with Gasteiger partial charge in [0.1, 0.15) is 11.2 Å². The number of thiophene rings is 1. The van der Waals surface area contributed by atoms with Gasteiger partial charge >= 0.3 is 0 Å². The van der Waals surface area contributed by atoms with Crippen LogP contribution in [0, 0.1) is 0 Å². The Hall–Kier alpha value is -6.10. The second-order valence-electron chi connectivity index (χ2n) is 11.1. The molecule has 48 heavy (non-hydrogen) atoms. The van der Waals surface area contributed by atoms with Crippen molar-refractivity contribution in [2.24, 2.45) is 0 Å². The third-order valence-electron chi connectivity index (χ3n) is 8.40. The first-order valence-electron chi connectivity index (χ1n) is 21.5. The topological polar surface area (TPSA) is 38.9 Å². The smallest absolute Gasteiger partial charge is 0.161 e. The second kappa shape index (κ2) is 10.7. The first-order valence-corrected chi connectivity index (χ1v) is 15.8. The lowest BCUT2D eigenvalue weighted by Crippen LogP contribution is -1.95. The van der Waals surface area contributed by atoms with Crippen LogP contribution in [0.3, 0.4) is 0 Å². The van der Waals surface area contributed by atoms with Crippen molar-refractivity contribution in [2.75, 3.05) is 0 Å². The molecular formula is C44H26N2OS. The van der Waals surface area contributed by atoms with Gasteiger partial charge in [-0.05, 0) is 45.8 Å². The molecular weight excluding hydrogens is 605 g/mol. The van der Waals surface area contributed by atoms with Gasteiger partial charge in [-0.2, -0.15) is 0 Å². The van der Waals surface area contributed by atoms with Crippen molar-refractivity contribution >= 4 is 64.4 Å². The van der Waals surface area contributed by atoms with Crippen LogP contribution in [0.15, 0.2) is 162 Å². The van der Waals surface area contributed by atoms with E-state index < -0.39 is 84.1 Å². The molecule has 0 saturated heterocycles. The zero-order chi connectivity index (χ0) is 42.9. The molecule has 0 aliphatic heterocycles. The molecule has 224 valence electrons. The Bertz CT molecular complexity index is 3540. The fourth-order valence-electron chi connectivity index (χ4n) is 6.20. The van der Waals surface area contributed by atoms with E-state index >= 15 is 0 Å². The lowest BCUT2D eigenvalue weighted by atomic mass is 9.93. The van der Waals surface area contributed by atoms with Crippen LogP contribution in [0.4, 0.5) is 0 Å². The molecule has 0 N–H and O–H groups in total. The highest BCUT2D eigenvalue weighted by atomic mass is 32.1. The SMILES string of the molecule is [2H]c1c([2H])c([2H])c(-c2c([2H])c([2H])c([2H])c3c(-c4nc(-c5ccc(-c6ccccc6)cc5)c5sc6ccccc6c5n4)c([2H])c4c(oc5c([2H])c([2H])c([2H])c([2H])c54)c23)c([2H])c1[2H]. The molecule has 3 aromatic heterocycles. The number of hydrogen-bond acceptors (Lipinski definition) is 4. The maximum atomic E-state index is 9.92. The van der Waals surface area contributed by atoms with E-state index in [1.807, 2.05) is 78.9 Å². The molecule has 10 rings (SSSR count). The Kier molecular flexibility index (Phi) is 3.84. The van der Waals surface area contributed by atoms with Crippen LogP contribution in [0.5, 0.6) is 0 Å². The average molecular weight is 644 g/mol. The van der Waals surface area contributed by atoms with Gasteiger partial charge in [-0.3, -0.25) is 0 Å². The van der Waals surface area contributed by atoms with Crippen molar-refractivity contribution in [3.05, 3.63) is 157 Å². The molecule has 0 amide bonds. The highest BCUT2D eigenvalue weighted by Crippen LogP contribution is 2.45. The summed E-state index contributed by atoms with van der Waals surface area (Å²) in [5, 5.41) is -0.00556. The summed E-state index contributed by atoms with van der Waals surface area (Å²) in [5.74, 6) is -0.0945. The van der Waals surface area contributed by atoms with E-state index in [0.717, 1.165) is 25.9 Å². The minimum Gasteiger partial charge on any atom is -0.455 e. The number of para-hydroxylation sites is 1. The van der Waals surface area contributed by atoms with Crippen LogP contribution in [-0.4, -0.2) is 9.97 Å². The average Bonchev–Trinajstić information content (AvgIpc) is 3.87. The molecule has 0 unspecified atom stereocenters. The maximum absolute atomic E-state index is 9.92. The Morgan fingerprint density at radius 3 is 2.15 bits per heavy atom. The highest BCUT2D eigenvalue weighted by molar-refractivity contribution is 7.26. The van der Waals surface area contributed by atoms with Gasteiger partial charge in [-0.1, -0.05) is 139 Å². The van der Waals surface area contributed by atoms with Crippen LogP contribution < -0.4 is 0 Å². The minimum absolute atomic E-state index is 0.0945. The van der Waals surface area contributed by atoms with Crippen molar-refractivity contribution < 1.29 is 22.2 Å². The van der Waals surface area contributed by atoms with Crippen molar-refractivity contribution in [1.82, 2.24) is 9.97 Å². The molecule has 0 spiro atoms. The molecule has 0 aliphatic rings. The van der Waals surface area contributed by atoms with E-state index in [2.05, 4.69) is 0 Å². The van der Waals surface area contributed by atoms with Gasteiger partial charge in [-0.15, -0.1) is 11.3 Å². The Labute approximate surface area is 298 Å². The third kappa shape index (κ3) is 4.20. The van der Waals surface area contributed by atoms with Gasteiger partial charge in [0.05, 0.1) is 33.7 Å². The summed E-state index contributed by atoms with van der Waals surface area (Å²) in [6.07, 6.45) is 0. The number of fused-ring (bicyclic) bond motifs is 8. The molecule has 0 saturated carbocycles. The van der Waals surface area contributed by atoms with Crippen molar-refractivity contribution in [2.45, 2.75) is 0 Å². The van der Waals surface area contributed by atoms with E-state index in [0.29, 0.717) is 16.8 Å². The van der Waals surface area contributed by atoms with Gasteiger partial charge in [0, 0.05) is 37.4 Å². The second-order valence-corrected chi connectivity index (χ2v) is 12.2. The van der Waals surface area contributed by atoms with Gasteiger partial charge in [-0.25, -0.2) is 9.97 Å². The molecule has 10 aromatic rings. The zero-order valence-electron chi connectivity index (χ0n) is 37.7. The molecule has 0 aliphatic carbocycles. The summed E-state index contributed by atoms with van der Waals surface area (Å²) in [4.78, 5) is 10.2. The summed E-state index contributed by atoms with van der Waals surface area (Å²) < 4.78 is 123. The third-order valence-corrected chi connectivity index (χ3v) is 9.56. The number of nitrogens with zero attached hydrogens (tertiary/aromatic N) is 2. The standard InChI is InChI=1S/C44H26N2OS/c1-3-12-27(13-4-1)28-22-24-30(25-23-28)40-43-41(34-17-8-10-21-38(34)48-43)46-44(45-40)36-26-35-32-16-7-9-20-37(32)47-42(35)39-31(18-11-19-33(36)39)29-14-5-2-6-15-29/h1-26H/i2D,5D,6D,7D,9D,11D,14D,15D,16D,18D,19D,20D,26D. The number of rotatable bonds is 4. The largest absolute Gasteiger partial charge is 0.455 e. The lowest BCUT2D eigenvalue weighted by molar-refractivity contribution is 0.673. The lowest BCUT2D eigenvalue weighted by Gasteiger charge is -2.13. The summed E-state index contributed by atoms with van der Waals surface area (Å²) in [5.41, 5.74) is 2.01. The first-order chi connectivity index (χ1) is 29.2. The fourth-order valence-corrected chi connectivity index (χ4v) is 7.36. The Morgan fingerprint density at radius 1 is 0.542 bits per heavy atom. The molecule has 4 heteroatoms. The molecule has 7 aromatic carbocycles. The summed E-state index contributed by atoms with van der Waals surface area (Å²) in [6, 6.07) is 17.0. The maximum Gasteiger partial charge on any atom is 0.161 e. The molecule has 3 nitrogen and oxygen atoms in total. The van der Waals surface area contributed by atoms with Crippen molar-refractivity contribution in [3.63, 3.8) is 0 Å². The molecule has 0 radical (unpaired) electrons. The minimum atomic E-state index is -0.719. The predicted molar refractivity (Wildman–Crippen MR) is 201 cm³/mol. The quantitative estimate of drug-likeness (QED) is 0.192. The zero-order valence-corrected chi connectivity index (χ0v) is 25.5. The van der Waals surface area contributed by atoms with Crippen molar-refractivity contribution in [1.29, 1.82) is 0 Å². The van der Waals surface area contributed by atoms with E-state index in [1.54, 1.807) is 0 Å². The van der Waals surface area contributed by atoms with Gasteiger partial charge < -0.3 is 4.42 Å². The van der Waals surface area contributed by atoms with E-state index in [4.69, 9.17) is 28.1 Å². The van der Waals surface area contributed by atoms with Gasteiger partial charge in [0.2, 0.25) is 0 Å². The fraction of sp³-hybridized carbons (Fsp3) is 0. The molecule has 0 atom stereocenters. The van der Waals surface area contributed by atoms with Crippen LogP contribution in [0.1, 0.15) is 17.8 Å². The summed E-state index contributed by atoms with van der Waals surface area (Å²) in [7, 11) is 0. The first kappa shape index (κ1) is 17.2. The monoisotopic (exact) mass is 643 g/mol. The Balaban J connectivity index is 1.43. The van der Waals surface area contributed by atoms with Crippen molar-refractivity contribution in [3.8, 4) is 44.9 Å². The highest BCUT2D eigenvalue weighted by Gasteiger charge is 2.22. The van der Waals surface area contributed by atoms with Crippen LogP contribution in [0.2, 0.25) is 0 Å². The number of hydrogen-bond donors (Lipinski definition) is 0. The van der Waals surface area contributed by atoms with Gasteiger partial charge in [0.15, 0.2) is 5.82 Å². The van der Waals surface area contributed by atoms with E-state index in [-0.39, 0.29) is 49.7 Å². The summed E-state index contributed by atoms with van der Waals surface area (Å²) >= 11 is 1.47. The van der Waals surface area contributed by atoms with Gasteiger partial charge in [0.25, 0.3) is 0 Å². The van der Waals surface area contributed by atoms with Crippen LogP contribution >= 0.6 is 11.3 Å². The normalized spacial score (nSPS) is 15.5. The van der Waals surface area contributed by atoms with E-state index in [9.17, 15) is 4.11 Å². The molecule has 0 bridgehead atoms. The predicted octanol–water partition coefficient (Wildman–Crippen LogP) is 12.6. The van der Waals surface area contributed by atoms with E-state index in [1.165, 1.54) is 11.3 Å². The molecule has 0 fully saturated rings. The number of benzene rings is 7. The summed E-state index contributed by atoms with van der Waals surface area (Å²) in [6.45, 7) is 0. The van der Waals surface area contributed by atoms with Crippen LogP contribution in [-0.2, 0) is 0 Å². The van der Waals surface area contributed by atoms with Crippen LogP contribution in [0.25, 0.3) is 97.9 Å². The Morgan fingerprint density at radius 2 is 1.27 bits per heavy atom. The number of furan rings is 1. The number of aromatic nitrogens is 2. The molecule has 3 heterocycles.